The van der Waals surface area contributed by atoms with Crippen LogP contribution in [0.1, 0.15) is 13.3 Å². The summed E-state index contributed by atoms with van der Waals surface area (Å²) >= 11 is 0. The summed E-state index contributed by atoms with van der Waals surface area (Å²) in [6.07, 6.45) is 0.976. The lowest BCUT2D eigenvalue weighted by Crippen LogP contribution is -2.59. The monoisotopic (exact) mass is 234 g/mol. The molecule has 0 aromatic carbocycles. The van der Waals surface area contributed by atoms with Gasteiger partial charge in [0.15, 0.2) is 9.68 Å². The van der Waals surface area contributed by atoms with Crippen molar-refractivity contribution in [1.82, 2.24) is 10.3 Å². The lowest BCUT2D eigenvalue weighted by Gasteiger charge is -2.28. The van der Waals surface area contributed by atoms with Crippen LogP contribution in [0, 0.1) is 0 Å². The minimum Gasteiger partial charge on any atom is -0.394 e. The second-order valence-corrected chi connectivity index (χ2v) is 4.36. The average Bonchev–Trinajstić information content (AvgIpc) is 2.26. The van der Waals surface area contributed by atoms with Crippen molar-refractivity contribution in [2.24, 2.45) is 0 Å². The van der Waals surface area contributed by atoms with Gasteiger partial charge in [-0.05, 0) is 6.04 Å². The van der Waals surface area contributed by atoms with Crippen molar-refractivity contribution in [2.75, 3.05) is 19.8 Å². The van der Waals surface area contributed by atoms with Crippen molar-refractivity contribution in [1.29, 1.82) is 0 Å². The first-order valence-corrected chi connectivity index (χ1v) is 5.98. The smallest absolute Gasteiger partial charge is 0.307 e. The Labute approximate surface area is 91.6 Å². The van der Waals surface area contributed by atoms with Crippen molar-refractivity contribution in [2.45, 2.75) is 24.9 Å². The van der Waals surface area contributed by atoms with E-state index in [1.54, 1.807) is 0 Å². The van der Waals surface area contributed by atoms with Gasteiger partial charge in [-0.15, -0.1) is 0 Å². The summed E-state index contributed by atoms with van der Waals surface area (Å²) in [5.41, 5.74) is -1.35. The molecule has 0 aliphatic rings. The van der Waals surface area contributed by atoms with Gasteiger partial charge in [-0.25, -0.2) is 4.79 Å². The van der Waals surface area contributed by atoms with Crippen LogP contribution in [0.2, 0.25) is 6.04 Å². The van der Waals surface area contributed by atoms with Crippen molar-refractivity contribution < 1.29 is 20.1 Å². The molecule has 0 aromatic rings. The van der Waals surface area contributed by atoms with Crippen LogP contribution in [-0.4, -0.2) is 56.4 Å². The third-order valence-electron chi connectivity index (χ3n) is 1.86. The van der Waals surface area contributed by atoms with E-state index in [0.717, 1.165) is 12.5 Å². The van der Waals surface area contributed by atoms with Crippen LogP contribution >= 0.6 is 0 Å². The number of rotatable bonds is 7. The Morgan fingerprint density at radius 2 is 1.80 bits per heavy atom. The zero-order chi connectivity index (χ0) is 11.7. The summed E-state index contributed by atoms with van der Waals surface area (Å²) < 4.78 is 0. The van der Waals surface area contributed by atoms with Gasteiger partial charge in [0.1, 0.15) is 5.54 Å². The fourth-order valence-electron chi connectivity index (χ4n) is 0.808. The van der Waals surface area contributed by atoms with Crippen LogP contribution in [0.3, 0.4) is 0 Å². The van der Waals surface area contributed by atoms with E-state index in [-0.39, 0.29) is 0 Å². The van der Waals surface area contributed by atoms with Crippen LogP contribution in [-0.2, 0) is 0 Å². The van der Waals surface area contributed by atoms with E-state index in [2.05, 4.69) is 10.3 Å². The lowest BCUT2D eigenvalue weighted by atomic mass is 10.0. The molecule has 2 amide bonds. The normalized spacial score (nSPS) is 11.2. The highest BCUT2D eigenvalue weighted by Crippen LogP contribution is 2.00. The summed E-state index contributed by atoms with van der Waals surface area (Å²) in [7, 11) is 0.296. The number of aliphatic hydroxyl groups excluding tert-OH is 3. The summed E-state index contributed by atoms with van der Waals surface area (Å²) in [5.74, 6) is 0. The molecule has 0 bridgehead atoms. The molecule has 88 valence electrons. The van der Waals surface area contributed by atoms with Gasteiger partial charge in [0.25, 0.3) is 0 Å². The maximum absolute atomic E-state index is 11.3. The fourth-order valence-corrected chi connectivity index (χ4v) is 1.41. The highest BCUT2D eigenvalue weighted by atomic mass is 28.2. The number of aliphatic hydroxyl groups is 3. The third kappa shape index (κ3) is 5.12. The summed E-state index contributed by atoms with van der Waals surface area (Å²) in [4.78, 5) is 13.8. The molecule has 0 atom stereocenters. The first-order chi connectivity index (χ1) is 7.14. The highest BCUT2D eigenvalue weighted by molar-refractivity contribution is 6.36. The largest absolute Gasteiger partial charge is 0.394 e. The molecule has 5 N–H and O–H groups in total. The first kappa shape index (κ1) is 14.4. The van der Waals surface area contributed by atoms with E-state index < -0.39 is 31.4 Å². The van der Waals surface area contributed by atoms with Crippen LogP contribution in [0.15, 0.2) is 0 Å². The number of carbonyl (C=O) groups excluding carboxylic acids is 1. The Hall–Kier alpha value is -0.633. The minimum absolute atomic E-state index is 0.296. The van der Waals surface area contributed by atoms with Gasteiger partial charge in [0, 0.05) is 0 Å². The second kappa shape index (κ2) is 7.63. The molecule has 0 aliphatic carbocycles. The Morgan fingerprint density at radius 1 is 1.27 bits per heavy atom. The number of nitrogens with one attached hydrogen (secondary N) is 2. The topological polar surface area (TPSA) is 102 Å². The van der Waals surface area contributed by atoms with Gasteiger partial charge in [0.05, 0.1) is 19.8 Å². The molecule has 2 radical (unpaired) electrons. The Balaban J connectivity index is 4.00. The Morgan fingerprint density at radius 3 is 2.20 bits per heavy atom. The molecular formula is C8H18N2O4Si. The molecule has 0 heterocycles. The maximum atomic E-state index is 11.3. The van der Waals surface area contributed by atoms with Gasteiger partial charge < -0.3 is 25.6 Å². The van der Waals surface area contributed by atoms with Crippen molar-refractivity contribution in [3.63, 3.8) is 0 Å². The van der Waals surface area contributed by atoms with Gasteiger partial charge in [0.2, 0.25) is 0 Å². The average molecular weight is 234 g/mol. The zero-order valence-electron chi connectivity index (χ0n) is 8.79. The van der Waals surface area contributed by atoms with Crippen LogP contribution < -0.4 is 10.3 Å². The van der Waals surface area contributed by atoms with Crippen LogP contribution in [0.5, 0.6) is 0 Å². The molecule has 15 heavy (non-hydrogen) atoms. The van der Waals surface area contributed by atoms with E-state index in [1.807, 2.05) is 6.92 Å². The van der Waals surface area contributed by atoms with Crippen molar-refractivity contribution in [3.8, 4) is 0 Å². The maximum Gasteiger partial charge on any atom is 0.307 e. The standard InChI is InChI=1S/C8H18N2O4Si/c1-2-3-15-10-7(14)9-8(4-11,5-12)6-13/h11-13H,2-6H2,1H3,(H2,9,10,14). The van der Waals surface area contributed by atoms with Gasteiger partial charge in [-0.1, -0.05) is 13.3 Å². The summed E-state index contributed by atoms with van der Waals surface area (Å²) in [6.45, 7) is 0.477. The van der Waals surface area contributed by atoms with Crippen molar-refractivity contribution >= 4 is 15.7 Å². The molecule has 7 heteroatoms. The number of hydrogen-bond donors (Lipinski definition) is 5. The Bertz CT molecular complexity index is 179. The van der Waals surface area contributed by atoms with Gasteiger partial charge >= 0.3 is 6.03 Å². The predicted molar refractivity (Wildman–Crippen MR) is 56.5 cm³/mol. The SMILES string of the molecule is CCC[Si]NC(=O)NC(CO)(CO)CO. The second-order valence-electron chi connectivity index (χ2n) is 3.26. The lowest BCUT2D eigenvalue weighted by molar-refractivity contribution is 0.0498. The van der Waals surface area contributed by atoms with E-state index in [0.29, 0.717) is 9.68 Å². The molecule has 6 nitrogen and oxygen atoms in total. The molecule has 0 rings (SSSR count). The van der Waals surface area contributed by atoms with E-state index in [1.165, 1.54) is 0 Å². The van der Waals surface area contributed by atoms with E-state index >= 15 is 0 Å². The highest BCUT2D eigenvalue weighted by Gasteiger charge is 2.29. The molecule has 0 fully saturated rings. The summed E-state index contributed by atoms with van der Waals surface area (Å²) in [5, 5.41) is 29.2. The third-order valence-corrected chi connectivity index (χ3v) is 3.02. The Kier molecular flexibility index (Phi) is 7.31. The first-order valence-electron chi connectivity index (χ1n) is 4.77. The van der Waals surface area contributed by atoms with Crippen LogP contribution in [0.25, 0.3) is 0 Å². The number of urea groups is 1. The molecule has 0 aliphatic heterocycles. The molecule has 0 saturated carbocycles. The molecule has 0 spiro atoms. The van der Waals surface area contributed by atoms with Crippen LogP contribution in [0.4, 0.5) is 4.79 Å². The molecule has 0 unspecified atom stereocenters. The fraction of sp³-hybridized carbons (Fsp3) is 0.875. The van der Waals surface area contributed by atoms with E-state index in [4.69, 9.17) is 15.3 Å². The molecular weight excluding hydrogens is 216 g/mol. The molecule has 0 aromatic heterocycles. The summed E-state index contributed by atoms with van der Waals surface area (Å²) in [6, 6.07) is 0.400. The zero-order valence-corrected chi connectivity index (χ0v) is 9.79. The minimum atomic E-state index is -1.35. The molecule has 0 saturated heterocycles. The number of amides is 2. The number of carbonyl (C=O) groups is 1. The van der Waals surface area contributed by atoms with Gasteiger partial charge in [-0.3, -0.25) is 0 Å². The predicted octanol–water partition coefficient (Wildman–Crippen LogP) is -1.55. The van der Waals surface area contributed by atoms with Crippen molar-refractivity contribution in [3.05, 3.63) is 0 Å². The van der Waals surface area contributed by atoms with Gasteiger partial charge in [-0.2, -0.15) is 0 Å². The number of hydrogen-bond acceptors (Lipinski definition) is 4. The van der Waals surface area contributed by atoms with E-state index in [9.17, 15) is 4.79 Å². The quantitative estimate of drug-likeness (QED) is 0.272.